The minimum Gasteiger partial charge on any atom is -0.497 e. The molecule has 0 atom stereocenters. The van der Waals surface area contributed by atoms with Crippen molar-refractivity contribution < 1.29 is 23.2 Å². The highest BCUT2D eigenvalue weighted by Gasteiger charge is 2.24. The van der Waals surface area contributed by atoms with Crippen molar-refractivity contribution in [3.8, 4) is 5.75 Å². The van der Waals surface area contributed by atoms with Crippen LogP contribution in [-0.2, 0) is 16.6 Å². The van der Waals surface area contributed by atoms with Crippen LogP contribution in [0, 0.1) is 0 Å². The van der Waals surface area contributed by atoms with E-state index in [2.05, 4.69) is 0 Å². The van der Waals surface area contributed by atoms with E-state index < -0.39 is 17.1 Å². The third-order valence-electron chi connectivity index (χ3n) is 3.69. The topological polar surface area (TPSA) is 87.1 Å². The molecule has 0 saturated heterocycles. The summed E-state index contributed by atoms with van der Waals surface area (Å²) >= 11 is 0. The molecule has 0 aliphatic rings. The second-order valence-corrected chi connectivity index (χ2v) is 7.16. The van der Waals surface area contributed by atoms with Gasteiger partial charge < -0.3 is 14.8 Å². The molecule has 0 aliphatic heterocycles. The summed E-state index contributed by atoms with van der Waals surface area (Å²) in [7, 11) is -3.72. The highest BCUT2D eigenvalue weighted by Crippen LogP contribution is 2.19. The Morgan fingerprint density at radius 3 is 2.08 bits per heavy atom. The minimum absolute atomic E-state index is 0.113. The molecule has 0 aromatic heterocycles. The molecular formula is C16H20BNO5S. The van der Waals surface area contributed by atoms with Gasteiger partial charge in [-0.15, -0.1) is 0 Å². The van der Waals surface area contributed by atoms with Crippen LogP contribution in [0.1, 0.15) is 12.5 Å². The van der Waals surface area contributed by atoms with Crippen LogP contribution in [0.15, 0.2) is 53.4 Å². The van der Waals surface area contributed by atoms with E-state index in [1.807, 2.05) is 12.1 Å². The highest BCUT2D eigenvalue weighted by atomic mass is 32.2. The van der Waals surface area contributed by atoms with Gasteiger partial charge in [-0.05, 0) is 35.3 Å². The van der Waals surface area contributed by atoms with Crippen molar-refractivity contribution in [2.45, 2.75) is 18.4 Å². The first-order valence-corrected chi connectivity index (χ1v) is 8.91. The number of methoxy groups -OCH3 is 1. The Kier molecular flexibility index (Phi) is 6.01. The molecular weight excluding hydrogens is 329 g/mol. The van der Waals surface area contributed by atoms with E-state index in [0.29, 0.717) is 12.3 Å². The Labute approximate surface area is 142 Å². The second-order valence-electron chi connectivity index (χ2n) is 5.22. The number of hydrogen-bond acceptors (Lipinski definition) is 5. The van der Waals surface area contributed by atoms with E-state index >= 15 is 0 Å². The summed E-state index contributed by atoms with van der Waals surface area (Å²) in [5, 5.41) is 18.2. The molecule has 0 spiro atoms. The lowest BCUT2D eigenvalue weighted by atomic mass is 9.81. The van der Waals surface area contributed by atoms with Crippen LogP contribution < -0.4 is 10.2 Å². The summed E-state index contributed by atoms with van der Waals surface area (Å²) in [4.78, 5) is 0.113. The molecule has 2 N–H and O–H groups in total. The first-order chi connectivity index (χ1) is 11.4. The van der Waals surface area contributed by atoms with Crippen LogP contribution in [0.25, 0.3) is 0 Å². The van der Waals surface area contributed by atoms with Crippen LogP contribution in [0.3, 0.4) is 0 Å². The summed E-state index contributed by atoms with van der Waals surface area (Å²) in [6.07, 6.45) is 0. The van der Waals surface area contributed by atoms with Crippen LogP contribution in [-0.4, -0.2) is 43.5 Å². The van der Waals surface area contributed by atoms with E-state index in [1.165, 1.54) is 28.6 Å². The molecule has 0 fully saturated rings. The lowest BCUT2D eigenvalue weighted by molar-refractivity contribution is 0.412. The van der Waals surface area contributed by atoms with Crippen molar-refractivity contribution >= 4 is 22.6 Å². The number of sulfonamides is 1. The minimum atomic E-state index is -3.67. The van der Waals surface area contributed by atoms with Gasteiger partial charge in [0.25, 0.3) is 0 Å². The average Bonchev–Trinajstić information content (AvgIpc) is 2.60. The van der Waals surface area contributed by atoms with Crippen molar-refractivity contribution in [3.63, 3.8) is 0 Å². The van der Waals surface area contributed by atoms with Gasteiger partial charge in [0.05, 0.1) is 12.0 Å². The third-order valence-corrected chi connectivity index (χ3v) is 5.62. The lowest BCUT2D eigenvalue weighted by Crippen LogP contribution is -2.32. The third kappa shape index (κ3) is 4.15. The monoisotopic (exact) mass is 349 g/mol. The molecule has 0 unspecified atom stereocenters. The number of ether oxygens (including phenoxy) is 1. The van der Waals surface area contributed by atoms with Crippen LogP contribution in [0.4, 0.5) is 0 Å². The molecule has 0 radical (unpaired) electrons. The molecule has 0 saturated carbocycles. The lowest BCUT2D eigenvalue weighted by Gasteiger charge is -2.21. The average molecular weight is 349 g/mol. The Bertz CT molecular complexity index is 760. The van der Waals surface area contributed by atoms with E-state index in [9.17, 15) is 8.42 Å². The zero-order chi connectivity index (χ0) is 17.7. The van der Waals surface area contributed by atoms with Crippen molar-refractivity contribution in [3.05, 3.63) is 54.1 Å². The van der Waals surface area contributed by atoms with Gasteiger partial charge in [-0.1, -0.05) is 31.2 Å². The molecule has 8 heteroatoms. The molecule has 0 heterocycles. The van der Waals surface area contributed by atoms with E-state index in [-0.39, 0.29) is 16.9 Å². The Morgan fingerprint density at radius 2 is 1.62 bits per heavy atom. The predicted octanol–water partition coefficient (Wildman–Crippen LogP) is 0.586. The van der Waals surface area contributed by atoms with Crippen LogP contribution in [0.2, 0.25) is 0 Å². The zero-order valence-corrected chi connectivity index (χ0v) is 14.4. The number of hydrogen-bond donors (Lipinski definition) is 2. The maximum Gasteiger partial charge on any atom is 0.488 e. The van der Waals surface area contributed by atoms with Gasteiger partial charge >= 0.3 is 7.12 Å². The van der Waals surface area contributed by atoms with Crippen molar-refractivity contribution in [2.24, 2.45) is 0 Å². The summed E-state index contributed by atoms with van der Waals surface area (Å²) < 4.78 is 32.0. The first-order valence-electron chi connectivity index (χ1n) is 7.47. The van der Waals surface area contributed by atoms with Gasteiger partial charge in [-0.2, -0.15) is 4.31 Å². The summed E-state index contributed by atoms with van der Waals surface area (Å²) in [5.74, 6) is 0.711. The fraction of sp³-hybridized carbons (Fsp3) is 0.250. The smallest absolute Gasteiger partial charge is 0.488 e. The summed E-state index contributed by atoms with van der Waals surface area (Å²) in [5.41, 5.74) is 1.09. The van der Waals surface area contributed by atoms with Crippen molar-refractivity contribution in [1.82, 2.24) is 4.31 Å². The first kappa shape index (κ1) is 18.5. The standard InChI is InChI=1S/C16H20BNO5S/c1-3-18(12-13-4-8-15(23-2)9-5-13)24(21,22)16-10-6-14(7-11-16)17(19)20/h4-11,19-20H,3,12H2,1-2H3. The summed E-state index contributed by atoms with van der Waals surface area (Å²) in [6, 6.07) is 12.7. The molecule has 2 aromatic carbocycles. The van der Waals surface area contributed by atoms with Crippen LogP contribution in [0.5, 0.6) is 5.75 Å². The van der Waals surface area contributed by atoms with Crippen LogP contribution >= 0.6 is 0 Å². The maximum atomic E-state index is 12.7. The van der Waals surface area contributed by atoms with Gasteiger partial charge in [0.15, 0.2) is 0 Å². The van der Waals surface area contributed by atoms with Crippen molar-refractivity contribution in [2.75, 3.05) is 13.7 Å². The molecule has 0 bridgehead atoms. The quantitative estimate of drug-likeness (QED) is 0.715. The SMILES string of the molecule is CCN(Cc1ccc(OC)cc1)S(=O)(=O)c1ccc(B(O)O)cc1. The predicted molar refractivity (Wildman–Crippen MR) is 92.5 cm³/mol. The maximum absolute atomic E-state index is 12.7. The van der Waals surface area contributed by atoms with Crippen molar-refractivity contribution in [1.29, 1.82) is 0 Å². The van der Waals surface area contributed by atoms with Gasteiger partial charge in [0.1, 0.15) is 5.75 Å². The normalized spacial score (nSPS) is 11.5. The largest absolute Gasteiger partial charge is 0.497 e. The van der Waals surface area contributed by atoms with Gasteiger partial charge in [-0.3, -0.25) is 0 Å². The fourth-order valence-electron chi connectivity index (χ4n) is 2.26. The zero-order valence-electron chi connectivity index (χ0n) is 13.6. The molecule has 0 amide bonds. The van der Waals surface area contributed by atoms with E-state index in [4.69, 9.17) is 14.8 Å². The van der Waals surface area contributed by atoms with Gasteiger partial charge in [0, 0.05) is 13.1 Å². The number of nitrogens with zero attached hydrogens (tertiary/aromatic N) is 1. The molecule has 2 aromatic rings. The second kappa shape index (κ2) is 7.80. The summed E-state index contributed by atoms with van der Waals surface area (Å²) in [6.45, 7) is 2.33. The Hall–Kier alpha value is -1.87. The Balaban J connectivity index is 2.23. The van der Waals surface area contributed by atoms with Gasteiger partial charge in [-0.25, -0.2) is 8.42 Å². The molecule has 2 rings (SSSR count). The fourth-order valence-corrected chi connectivity index (χ4v) is 3.70. The number of benzene rings is 2. The number of rotatable bonds is 7. The Morgan fingerprint density at radius 1 is 1.04 bits per heavy atom. The molecule has 0 aliphatic carbocycles. The molecule has 128 valence electrons. The molecule has 24 heavy (non-hydrogen) atoms. The van der Waals surface area contributed by atoms with Gasteiger partial charge in [0.2, 0.25) is 10.0 Å². The highest BCUT2D eigenvalue weighted by molar-refractivity contribution is 7.89. The van der Waals surface area contributed by atoms with E-state index in [1.54, 1.807) is 26.2 Å². The molecule has 6 nitrogen and oxygen atoms in total. The van der Waals surface area contributed by atoms with E-state index in [0.717, 1.165) is 5.56 Å².